The highest BCUT2D eigenvalue weighted by molar-refractivity contribution is 9.10. The summed E-state index contributed by atoms with van der Waals surface area (Å²) in [5.41, 5.74) is 5.15. The normalized spacial score (nSPS) is 11.8. The lowest BCUT2D eigenvalue weighted by Crippen LogP contribution is -2.25. The number of amides is 1. The topological polar surface area (TPSA) is 77.0 Å². The number of hydrogen-bond acceptors (Lipinski definition) is 5. The first kappa shape index (κ1) is 28.1. The Kier molecular flexibility index (Phi) is 9.27. The van der Waals surface area contributed by atoms with Gasteiger partial charge in [-0.15, -0.1) is 0 Å². The fourth-order valence-electron chi connectivity index (χ4n) is 4.16. The van der Waals surface area contributed by atoms with E-state index in [4.69, 9.17) is 9.47 Å². The molecule has 0 bridgehead atoms. The van der Waals surface area contributed by atoms with Crippen molar-refractivity contribution in [3.8, 4) is 11.5 Å². The molecule has 0 aromatic heterocycles. The zero-order valence-corrected chi connectivity index (χ0v) is 23.5. The van der Waals surface area contributed by atoms with Crippen molar-refractivity contribution in [2.75, 3.05) is 6.61 Å². The second-order valence-corrected chi connectivity index (χ2v) is 11.6. The molecule has 7 heteroatoms. The van der Waals surface area contributed by atoms with E-state index in [0.717, 1.165) is 16.5 Å². The largest absolute Gasteiger partial charge is 0.484 e. The van der Waals surface area contributed by atoms with E-state index in [2.05, 4.69) is 73.2 Å². The van der Waals surface area contributed by atoms with Crippen LogP contribution < -0.4 is 14.9 Å². The van der Waals surface area contributed by atoms with Gasteiger partial charge < -0.3 is 9.47 Å². The summed E-state index contributed by atoms with van der Waals surface area (Å²) in [5.74, 6) is 0.232. The zero-order chi connectivity index (χ0) is 27.1. The van der Waals surface area contributed by atoms with Crippen LogP contribution in [0.1, 0.15) is 62.5 Å². The third-order valence-corrected chi connectivity index (χ3v) is 6.08. The van der Waals surface area contributed by atoms with Crippen LogP contribution in [0.15, 0.2) is 82.4 Å². The van der Waals surface area contributed by atoms with Gasteiger partial charge in [-0.05, 0) is 89.0 Å². The minimum Gasteiger partial charge on any atom is -0.484 e. The summed E-state index contributed by atoms with van der Waals surface area (Å²) >= 11 is 3.34. The quantitative estimate of drug-likeness (QED) is 0.132. The SMILES string of the molecule is CC(C)(C)CC(C)(C)c1ccc(OCC(=O)N/N=C/c2ccc(OC(=O)c3ccc(Br)cc3)cc2)cc1. The molecule has 194 valence electrons. The first-order valence-electron chi connectivity index (χ1n) is 12.0. The van der Waals surface area contributed by atoms with E-state index in [0.29, 0.717) is 17.1 Å². The number of ether oxygens (including phenoxy) is 2. The van der Waals surface area contributed by atoms with Crippen LogP contribution in [-0.4, -0.2) is 24.7 Å². The Balaban J connectivity index is 1.44. The van der Waals surface area contributed by atoms with Gasteiger partial charge in [0.15, 0.2) is 6.61 Å². The minimum absolute atomic E-state index is 0.0439. The van der Waals surface area contributed by atoms with Gasteiger partial charge in [0, 0.05) is 4.47 Å². The van der Waals surface area contributed by atoms with E-state index in [9.17, 15) is 9.59 Å². The highest BCUT2D eigenvalue weighted by Gasteiger charge is 2.27. The van der Waals surface area contributed by atoms with E-state index in [1.807, 2.05) is 12.1 Å². The first-order chi connectivity index (χ1) is 17.4. The Morgan fingerprint density at radius 2 is 1.46 bits per heavy atom. The molecule has 0 fully saturated rings. The Morgan fingerprint density at radius 1 is 0.865 bits per heavy atom. The molecule has 37 heavy (non-hydrogen) atoms. The lowest BCUT2D eigenvalue weighted by atomic mass is 9.72. The molecule has 1 amide bonds. The van der Waals surface area contributed by atoms with E-state index in [1.165, 1.54) is 11.8 Å². The maximum atomic E-state index is 12.2. The number of hydrogen-bond donors (Lipinski definition) is 1. The molecule has 0 unspecified atom stereocenters. The van der Waals surface area contributed by atoms with Crippen molar-refractivity contribution >= 4 is 34.0 Å². The number of halogens is 1. The number of carbonyl (C=O) groups is 2. The van der Waals surface area contributed by atoms with Gasteiger partial charge in [-0.2, -0.15) is 5.10 Å². The maximum Gasteiger partial charge on any atom is 0.343 e. The van der Waals surface area contributed by atoms with Crippen LogP contribution in [0.25, 0.3) is 0 Å². The lowest BCUT2D eigenvalue weighted by Gasteiger charge is -2.33. The molecule has 3 aromatic rings. The van der Waals surface area contributed by atoms with Gasteiger partial charge in [-0.3, -0.25) is 4.79 Å². The summed E-state index contributed by atoms with van der Waals surface area (Å²) in [6, 6.07) is 21.6. The second-order valence-electron chi connectivity index (χ2n) is 10.7. The molecule has 0 heterocycles. The number of esters is 1. The molecule has 0 saturated heterocycles. The number of hydrazone groups is 1. The molecule has 0 saturated carbocycles. The zero-order valence-electron chi connectivity index (χ0n) is 21.9. The van der Waals surface area contributed by atoms with Gasteiger partial charge in [0.05, 0.1) is 11.8 Å². The molecule has 3 aromatic carbocycles. The Hall–Kier alpha value is -3.45. The molecule has 3 rings (SSSR count). The summed E-state index contributed by atoms with van der Waals surface area (Å²) in [6.45, 7) is 11.1. The van der Waals surface area contributed by atoms with E-state index in [-0.39, 0.29) is 23.3 Å². The fraction of sp³-hybridized carbons (Fsp3) is 0.300. The van der Waals surface area contributed by atoms with Gasteiger partial charge in [0.25, 0.3) is 5.91 Å². The highest BCUT2D eigenvalue weighted by Crippen LogP contribution is 2.36. The van der Waals surface area contributed by atoms with Gasteiger partial charge in [0.1, 0.15) is 11.5 Å². The first-order valence-corrected chi connectivity index (χ1v) is 12.8. The number of nitrogens with one attached hydrogen (secondary N) is 1. The van der Waals surface area contributed by atoms with Crippen LogP contribution in [0.4, 0.5) is 0 Å². The molecular formula is C30H33BrN2O4. The molecule has 0 spiro atoms. The number of carbonyl (C=O) groups excluding carboxylic acids is 2. The summed E-state index contributed by atoms with van der Waals surface area (Å²) in [6.07, 6.45) is 2.56. The number of nitrogens with zero attached hydrogens (tertiary/aromatic N) is 1. The predicted molar refractivity (Wildman–Crippen MR) is 150 cm³/mol. The third-order valence-electron chi connectivity index (χ3n) is 5.55. The van der Waals surface area contributed by atoms with Crippen LogP contribution in [0.3, 0.4) is 0 Å². The van der Waals surface area contributed by atoms with Crippen molar-refractivity contribution in [2.24, 2.45) is 10.5 Å². The van der Waals surface area contributed by atoms with Crippen LogP contribution >= 0.6 is 15.9 Å². The summed E-state index contributed by atoms with van der Waals surface area (Å²) in [4.78, 5) is 24.3. The predicted octanol–water partition coefficient (Wildman–Crippen LogP) is 6.91. The van der Waals surface area contributed by atoms with Crippen molar-refractivity contribution in [1.82, 2.24) is 5.43 Å². The van der Waals surface area contributed by atoms with Gasteiger partial charge in [0.2, 0.25) is 0 Å². The van der Waals surface area contributed by atoms with Crippen LogP contribution in [0, 0.1) is 5.41 Å². The fourth-order valence-corrected chi connectivity index (χ4v) is 4.43. The second kappa shape index (κ2) is 12.2. The average molecular weight is 566 g/mol. The van der Waals surface area contributed by atoms with Crippen molar-refractivity contribution < 1.29 is 19.1 Å². The summed E-state index contributed by atoms with van der Waals surface area (Å²) in [7, 11) is 0. The molecule has 0 aliphatic carbocycles. The molecule has 0 aliphatic heterocycles. The summed E-state index contributed by atoms with van der Waals surface area (Å²) in [5, 5.41) is 3.96. The van der Waals surface area contributed by atoms with Gasteiger partial charge >= 0.3 is 5.97 Å². The maximum absolute atomic E-state index is 12.2. The van der Waals surface area contributed by atoms with Gasteiger partial charge in [-0.25, -0.2) is 10.2 Å². The Morgan fingerprint density at radius 3 is 2.05 bits per heavy atom. The van der Waals surface area contributed by atoms with Crippen molar-refractivity contribution in [2.45, 2.75) is 46.5 Å². The smallest absolute Gasteiger partial charge is 0.343 e. The van der Waals surface area contributed by atoms with E-state index >= 15 is 0 Å². The van der Waals surface area contributed by atoms with Crippen LogP contribution in [0.2, 0.25) is 0 Å². The Bertz CT molecular complexity index is 1230. The molecular weight excluding hydrogens is 532 g/mol. The highest BCUT2D eigenvalue weighted by atomic mass is 79.9. The van der Waals surface area contributed by atoms with Crippen LogP contribution in [-0.2, 0) is 10.2 Å². The van der Waals surface area contributed by atoms with E-state index < -0.39 is 5.97 Å². The van der Waals surface area contributed by atoms with E-state index in [1.54, 1.807) is 48.5 Å². The monoisotopic (exact) mass is 564 g/mol. The van der Waals surface area contributed by atoms with Gasteiger partial charge in [-0.1, -0.05) is 62.7 Å². The Labute approximate surface area is 227 Å². The third kappa shape index (κ3) is 9.17. The lowest BCUT2D eigenvalue weighted by molar-refractivity contribution is -0.123. The van der Waals surface area contributed by atoms with Crippen molar-refractivity contribution in [1.29, 1.82) is 0 Å². The minimum atomic E-state index is -0.440. The molecule has 6 nitrogen and oxygen atoms in total. The average Bonchev–Trinajstić information content (AvgIpc) is 2.83. The van der Waals surface area contributed by atoms with Crippen molar-refractivity contribution in [3.63, 3.8) is 0 Å². The molecule has 0 atom stereocenters. The molecule has 0 aliphatic rings. The molecule has 0 radical (unpaired) electrons. The number of benzene rings is 3. The van der Waals surface area contributed by atoms with Crippen molar-refractivity contribution in [3.05, 3.63) is 94.0 Å². The standard InChI is InChI=1S/C30H33BrN2O4/c1-29(2,3)20-30(4,5)23-10-16-25(17-11-23)36-19-27(34)33-32-18-21-6-14-26(15-7-21)37-28(35)22-8-12-24(31)13-9-22/h6-18H,19-20H2,1-5H3,(H,33,34)/b32-18+. The number of rotatable bonds is 9. The van der Waals surface area contributed by atoms with Crippen LogP contribution in [0.5, 0.6) is 11.5 Å². The molecule has 1 N–H and O–H groups in total. The summed E-state index contributed by atoms with van der Waals surface area (Å²) < 4.78 is 11.9.